The zero-order valence-electron chi connectivity index (χ0n) is 12.3. The van der Waals surface area contributed by atoms with Gasteiger partial charge in [0.1, 0.15) is 5.75 Å². The molecule has 0 aliphatic carbocycles. The molecule has 1 amide bonds. The highest BCUT2D eigenvalue weighted by Gasteiger charge is 2.46. The number of carbonyl (C=O) groups is 1. The summed E-state index contributed by atoms with van der Waals surface area (Å²) in [5, 5.41) is 2.53. The average Bonchev–Trinajstić information content (AvgIpc) is 2.54. The number of sulfone groups is 1. The van der Waals surface area contributed by atoms with Crippen LogP contribution in [-0.4, -0.2) is 26.9 Å². The maximum atomic E-state index is 12.5. The Hall–Kier alpha value is -2.55. The number of hydrogen-bond donors (Lipinski definition) is 1. The molecule has 0 radical (unpaired) electrons. The number of alkyl halides is 3. The van der Waals surface area contributed by atoms with Crippen LogP contribution in [-0.2, 0) is 9.84 Å². The van der Waals surface area contributed by atoms with E-state index in [1.54, 1.807) is 24.3 Å². The van der Waals surface area contributed by atoms with Gasteiger partial charge < -0.3 is 10.1 Å². The molecule has 24 heavy (non-hydrogen) atoms. The van der Waals surface area contributed by atoms with Gasteiger partial charge in [-0.25, -0.2) is 8.42 Å². The van der Waals surface area contributed by atoms with E-state index >= 15 is 0 Å². The van der Waals surface area contributed by atoms with E-state index in [1.807, 2.05) is 0 Å². The SMILES string of the molecule is COc1ccccc1NC(=O)c1ccc(S(=O)(=O)C(F)(F)F)cc1. The van der Waals surface area contributed by atoms with E-state index < -0.39 is 26.1 Å². The van der Waals surface area contributed by atoms with Gasteiger partial charge in [-0.15, -0.1) is 0 Å². The molecule has 0 atom stereocenters. The van der Waals surface area contributed by atoms with Crippen LogP contribution in [0.5, 0.6) is 5.75 Å². The van der Waals surface area contributed by atoms with Crippen LogP contribution in [0.15, 0.2) is 53.4 Å². The Morgan fingerprint density at radius 3 is 2.17 bits per heavy atom. The molecule has 0 bridgehead atoms. The van der Waals surface area contributed by atoms with E-state index in [1.165, 1.54) is 7.11 Å². The van der Waals surface area contributed by atoms with E-state index in [-0.39, 0.29) is 5.56 Å². The van der Waals surface area contributed by atoms with Crippen molar-refractivity contribution in [2.75, 3.05) is 12.4 Å². The highest BCUT2D eigenvalue weighted by Crippen LogP contribution is 2.30. The molecule has 2 rings (SSSR count). The number of rotatable bonds is 4. The number of carbonyl (C=O) groups excluding carboxylic acids is 1. The molecule has 0 aliphatic rings. The summed E-state index contributed by atoms with van der Waals surface area (Å²) < 4.78 is 65.0. The highest BCUT2D eigenvalue weighted by molar-refractivity contribution is 7.92. The minimum absolute atomic E-state index is 0.00188. The van der Waals surface area contributed by atoms with Crippen molar-refractivity contribution in [2.24, 2.45) is 0 Å². The molecule has 0 spiro atoms. The molecule has 5 nitrogen and oxygen atoms in total. The van der Waals surface area contributed by atoms with E-state index in [0.717, 1.165) is 24.3 Å². The first-order chi connectivity index (χ1) is 11.2. The third kappa shape index (κ3) is 3.51. The fourth-order valence-corrected chi connectivity index (χ4v) is 2.62. The van der Waals surface area contributed by atoms with Crippen LogP contribution in [0.25, 0.3) is 0 Å². The van der Waals surface area contributed by atoms with E-state index in [0.29, 0.717) is 11.4 Å². The normalized spacial score (nSPS) is 11.8. The Labute approximate surface area is 136 Å². The Morgan fingerprint density at radius 2 is 1.62 bits per heavy atom. The topological polar surface area (TPSA) is 72.5 Å². The van der Waals surface area contributed by atoms with Gasteiger partial charge in [-0.2, -0.15) is 13.2 Å². The minimum Gasteiger partial charge on any atom is -0.495 e. The summed E-state index contributed by atoms with van der Waals surface area (Å²) in [6.45, 7) is 0. The summed E-state index contributed by atoms with van der Waals surface area (Å²) in [7, 11) is -4.02. The largest absolute Gasteiger partial charge is 0.501 e. The molecule has 2 aromatic rings. The summed E-state index contributed by atoms with van der Waals surface area (Å²) in [4.78, 5) is 11.2. The molecular formula is C15H12F3NO4S. The molecule has 1 N–H and O–H groups in total. The second kappa shape index (κ2) is 6.52. The molecule has 2 aromatic carbocycles. The van der Waals surface area contributed by atoms with Gasteiger partial charge >= 0.3 is 5.51 Å². The first-order valence-electron chi connectivity index (χ1n) is 6.52. The minimum atomic E-state index is -5.44. The fraction of sp³-hybridized carbons (Fsp3) is 0.133. The van der Waals surface area contributed by atoms with Gasteiger partial charge in [-0.05, 0) is 36.4 Å². The van der Waals surface area contributed by atoms with Crippen molar-refractivity contribution in [1.29, 1.82) is 0 Å². The maximum absolute atomic E-state index is 12.5. The number of anilines is 1. The van der Waals surface area contributed by atoms with Crippen LogP contribution < -0.4 is 10.1 Å². The lowest BCUT2D eigenvalue weighted by atomic mass is 10.2. The number of benzene rings is 2. The van der Waals surface area contributed by atoms with Crippen LogP contribution >= 0.6 is 0 Å². The Balaban J connectivity index is 2.24. The van der Waals surface area contributed by atoms with Crippen molar-refractivity contribution >= 4 is 21.4 Å². The second-order valence-corrected chi connectivity index (χ2v) is 6.57. The van der Waals surface area contributed by atoms with Crippen molar-refractivity contribution in [2.45, 2.75) is 10.4 Å². The van der Waals surface area contributed by atoms with Gasteiger partial charge in [0, 0.05) is 5.56 Å². The van der Waals surface area contributed by atoms with Gasteiger partial charge in [0.25, 0.3) is 15.7 Å². The lowest BCUT2D eigenvalue weighted by Crippen LogP contribution is -2.23. The second-order valence-electron chi connectivity index (χ2n) is 4.63. The van der Waals surface area contributed by atoms with Gasteiger partial charge in [0.2, 0.25) is 0 Å². The fourth-order valence-electron chi connectivity index (χ4n) is 1.86. The highest BCUT2D eigenvalue weighted by atomic mass is 32.2. The van der Waals surface area contributed by atoms with Crippen molar-refractivity contribution in [3.05, 3.63) is 54.1 Å². The molecule has 0 fully saturated rings. The number of ether oxygens (including phenoxy) is 1. The molecular weight excluding hydrogens is 347 g/mol. The Morgan fingerprint density at radius 1 is 1.04 bits per heavy atom. The molecule has 0 unspecified atom stereocenters. The summed E-state index contributed by atoms with van der Waals surface area (Å²) in [5.74, 6) is -0.211. The number of hydrogen-bond acceptors (Lipinski definition) is 4. The van der Waals surface area contributed by atoms with E-state index in [2.05, 4.69) is 5.32 Å². The van der Waals surface area contributed by atoms with Crippen LogP contribution in [0, 0.1) is 0 Å². The third-order valence-electron chi connectivity index (χ3n) is 3.09. The van der Waals surface area contributed by atoms with Gasteiger partial charge in [0.15, 0.2) is 0 Å². The lowest BCUT2D eigenvalue weighted by molar-refractivity contribution is -0.0436. The summed E-state index contributed by atoms with van der Waals surface area (Å²) in [5.41, 5.74) is -5.02. The third-order valence-corrected chi connectivity index (χ3v) is 4.59. The van der Waals surface area contributed by atoms with E-state index in [9.17, 15) is 26.4 Å². The van der Waals surface area contributed by atoms with Gasteiger partial charge in [-0.3, -0.25) is 4.79 Å². The molecule has 0 aliphatic heterocycles. The zero-order chi connectivity index (χ0) is 18.0. The van der Waals surface area contributed by atoms with Crippen molar-refractivity contribution in [3.8, 4) is 5.75 Å². The monoisotopic (exact) mass is 359 g/mol. The van der Waals surface area contributed by atoms with Crippen molar-refractivity contribution in [1.82, 2.24) is 0 Å². The first kappa shape index (κ1) is 17.8. The summed E-state index contributed by atoms with van der Waals surface area (Å²) >= 11 is 0. The molecule has 0 aromatic heterocycles. The number of halogens is 3. The molecule has 0 heterocycles. The van der Waals surface area contributed by atoms with Crippen LogP contribution in [0.1, 0.15) is 10.4 Å². The number of amides is 1. The van der Waals surface area contributed by atoms with Crippen molar-refractivity contribution < 1.29 is 31.1 Å². The van der Waals surface area contributed by atoms with Crippen LogP contribution in [0.2, 0.25) is 0 Å². The number of nitrogens with one attached hydrogen (secondary N) is 1. The zero-order valence-corrected chi connectivity index (χ0v) is 13.1. The predicted molar refractivity (Wildman–Crippen MR) is 80.6 cm³/mol. The lowest BCUT2D eigenvalue weighted by Gasteiger charge is -2.11. The molecule has 0 saturated heterocycles. The smallest absolute Gasteiger partial charge is 0.495 e. The van der Waals surface area contributed by atoms with E-state index in [4.69, 9.17) is 4.74 Å². The molecule has 9 heteroatoms. The summed E-state index contributed by atoms with van der Waals surface area (Å²) in [6, 6.07) is 10.0. The van der Waals surface area contributed by atoms with Crippen LogP contribution in [0.4, 0.5) is 18.9 Å². The molecule has 128 valence electrons. The molecule has 0 saturated carbocycles. The van der Waals surface area contributed by atoms with Gasteiger partial charge in [-0.1, -0.05) is 12.1 Å². The van der Waals surface area contributed by atoms with Gasteiger partial charge in [0.05, 0.1) is 17.7 Å². The Bertz CT molecular complexity index is 846. The predicted octanol–water partition coefficient (Wildman–Crippen LogP) is 3.24. The summed E-state index contributed by atoms with van der Waals surface area (Å²) in [6.07, 6.45) is 0. The number of para-hydroxylation sites is 2. The maximum Gasteiger partial charge on any atom is 0.501 e. The first-order valence-corrected chi connectivity index (χ1v) is 8.01. The van der Waals surface area contributed by atoms with Crippen molar-refractivity contribution in [3.63, 3.8) is 0 Å². The van der Waals surface area contributed by atoms with Crippen LogP contribution in [0.3, 0.4) is 0 Å². The quantitative estimate of drug-likeness (QED) is 0.910. The number of methoxy groups -OCH3 is 1. The average molecular weight is 359 g/mol. The Kier molecular flexibility index (Phi) is 4.83. The standard InChI is InChI=1S/C15H12F3NO4S/c1-23-13-5-3-2-4-12(13)19-14(20)10-6-8-11(9-7-10)24(21,22)15(16,17)18/h2-9H,1H3,(H,19,20).